The van der Waals surface area contributed by atoms with Gasteiger partial charge in [-0.3, -0.25) is 0 Å². The first-order valence-electron chi connectivity index (χ1n) is 8.35. The van der Waals surface area contributed by atoms with Crippen LogP contribution < -0.4 is 4.90 Å². The molecular weight excluding hydrogens is 392 g/mol. The van der Waals surface area contributed by atoms with Gasteiger partial charge in [-0.2, -0.15) is 0 Å². The van der Waals surface area contributed by atoms with E-state index in [0.717, 1.165) is 21.3 Å². The van der Waals surface area contributed by atoms with Crippen LogP contribution >= 0.6 is 22.9 Å². The minimum absolute atomic E-state index is 0.151. The van der Waals surface area contributed by atoms with E-state index in [1.54, 1.807) is 18.4 Å². The van der Waals surface area contributed by atoms with Gasteiger partial charge in [-0.1, -0.05) is 35.1 Å². The summed E-state index contributed by atoms with van der Waals surface area (Å²) >= 11 is 7.41. The highest BCUT2D eigenvalue weighted by molar-refractivity contribution is 7.92. The van der Waals surface area contributed by atoms with Gasteiger partial charge in [0.1, 0.15) is 0 Å². The number of halogens is 1. The summed E-state index contributed by atoms with van der Waals surface area (Å²) in [4.78, 5) is 7.48. The Bertz CT molecular complexity index is 1020. The Hall–Kier alpha value is -1.64. The Kier molecular flexibility index (Phi) is 4.24. The normalized spacial score (nSPS) is 19.6. The summed E-state index contributed by atoms with van der Waals surface area (Å²) in [5.74, 6) is 0.151. The van der Waals surface area contributed by atoms with Crippen LogP contribution in [0.3, 0.4) is 0 Å². The second-order valence-electron chi connectivity index (χ2n) is 7.06. The maximum atomic E-state index is 12.4. The van der Waals surface area contributed by atoms with E-state index in [2.05, 4.69) is 10.1 Å². The number of anilines is 1. The summed E-state index contributed by atoms with van der Waals surface area (Å²) in [6.07, 6.45) is 2.48. The molecule has 0 N–H and O–H groups in total. The fourth-order valence-corrected chi connectivity index (χ4v) is 5.42. The molecule has 0 aliphatic carbocycles. The lowest BCUT2D eigenvalue weighted by Gasteiger charge is -2.22. The number of aromatic nitrogens is 3. The molecule has 1 aliphatic rings. The predicted molar refractivity (Wildman–Crippen MR) is 106 cm³/mol. The molecular formula is C17H19ClN4O2S2. The summed E-state index contributed by atoms with van der Waals surface area (Å²) in [5, 5.41) is 6.11. The van der Waals surface area contributed by atoms with Crippen LogP contribution in [0.4, 0.5) is 5.13 Å². The summed E-state index contributed by atoms with van der Waals surface area (Å²) in [5.41, 5.74) is 1.82. The highest BCUT2D eigenvalue weighted by atomic mass is 35.5. The van der Waals surface area contributed by atoms with Crippen molar-refractivity contribution in [3.8, 4) is 11.3 Å². The van der Waals surface area contributed by atoms with Crippen LogP contribution in [0, 0.1) is 0 Å². The van der Waals surface area contributed by atoms with Crippen LogP contribution in [0.1, 0.15) is 20.3 Å². The van der Waals surface area contributed by atoms with E-state index >= 15 is 0 Å². The summed E-state index contributed by atoms with van der Waals surface area (Å²) < 4.78 is 25.8. The monoisotopic (exact) mass is 410 g/mol. The van der Waals surface area contributed by atoms with Crippen LogP contribution in [0.2, 0.25) is 5.02 Å². The van der Waals surface area contributed by atoms with E-state index in [1.165, 1.54) is 11.3 Å². The average molecular weight is 411 g/mol. The standard InChI is InChI=1S/C17H19ClN4O2S2/c1-17(2)7-8-21(9-10-26(17,23)24)16-20-22-11-14(19-15(22)25-16)12-3-5-13(18)6-4-12/h3-6,11H,7-10H2,1-2H3. The second-order valence-corrected chi connectivity index (χ2v) is 11.2. The largest absolute Gasteiger partial charge is 0.346 e. The van der Waals surface area contributed by atoms with Crippen molar-refractivity contribution in [2.45, 2.75) is 25.0 Å². The Morgan fingerprint density at radius 1 is 1.19 bits per heavy atom. The van der Waals surface area contributed by atoms with Gasteiger partial charge in [0, 0.05) is 23.7 Å². The fourth-order valence-electron chi connectivity index (χ4n) is 2.95. The quantitative estimate of drug-likeness (QED) is 0.646. The first-order chi connectivity index (χ1) is 12.2. The molecule has 3 heterocycles. The Morgan fingerprint density at radius 2 is 1.92 bits per heavy atom. The van der Waals surface area contributed by atoms with Gasteiger partial charge >= 0.3 is 0 Å². The topological polar surface area (TPSA) is 67.6 Å². The summed E-state index contributed by atoms with van der Waals surface area (Å²) in [7, 11) is -3.10. The van der Waals surface area contributed by atoms with Gasteiger partial charge in [0.2, 0.25) is 10.1 Å². The van der Waals surface area contributed by atoms with Crippen LogP contribution in [0.15, 0.2) is 30.5 Å². The van der Waals surface area contributed by atoms with E-state index in [-0.39, 0.29) is 5.75 Å². The van der Waals surface area contributed by atoms with Gasteiger partial charge in [0.15, 0.2) is 9.84 Å². The van der Waals surface area contributed by atoms with Crippen LogP contribution in [0.5, 0.6) is 0 Å². The van der Waals surface area contributed by atoms with Crippen molar-refractivity contribution in [2.75, 3.05) is 23.7 Å². The lowest BCUT2D eigenvalue weighted by molar-refractivity contribution is 0.538. The molecule has 0 bridgehead atoms. The van der Waals surface area contributed by atoms with E-state index < -0.39 is 14.6 Å². The number of imidazole rings is 1. The van der Waals surface area contributed by atoms with E-state index in [0.29, 0.717) is 24.5 Å². The lowest BCUT2D eigenvalue weighted by atomic mass is 10.1. The maximum absolute atomic E-state index is 12.4. The summed E-state index contributed by atoms with van der Waals surface area (Å²) in [6, 6.07) is 7.53. The van der Waals surface area contributed by atoms with Gasteiger partial charge < -0.3 is 4.90 Å². The highest BCUT2D eigenvalue weighted by Gasteiger charge is 2.37. The number of benzene rings is 1. The fraction of sp³-hybridized carbons (Fsp3) is 0.412. The molecule has 26 heavy (non-hydrogen) atoms. The molecule has 0 radical (unpaired) electrons. The molecule has 9 heteroatoms. The zero-order valence-electron chi connectivity index (χ0n) is 14.5. The molecule has 6 nitrogen and oxygen atoms in total. The van der Waals surface area contributed by atoms with Crippen LogP contribution in [-0.2, 0) is 9.84 Å². The van der Waals surface area contributed by atoms with Crippen molar-refractivity contribution in [1.29, 1.82) is 0 Å². The van der Waals surface area contributed by atoms with Crippen molar-refractivity contribution in [1.82, 2.24) is 14.6 Å². The molecule has 1 aliphatic heterocycles. The minimum atomic E-state index is -3.10. The maximum Gasteiger partial charge on any atom is 0.214 e. The van der Waals surface area contributed by atoms with E-state index in [1.807, 2.05) is 35.4 Å². The number of hydrogen-bond donors (Lipinski definition) is 0. The third kappa shape index (κ3) is 3.10. The molecule has 0 saturated carbocycles. The summed E-state index contributed by atoms with van der Waals surface area (Å²) in [6.45, 7) is 4.75. The molecule has 0 unspecified atom stereocenters. The lowest BCUT2D eigenvalue weighted by Crippen LogP contribution is -2.33. The number of rotatable bonds is 2. The first kappa shape index (κ1) is 17.8. The average Bonchev–Trinajstić information content (AvgIpc) is 3.11. The Labute approximate surface area is 161 Å². The van der Waals surface area contributed by atoms with Crippen molar-refractivity contribution < 1.29 is 8.42 Å². The van der Waals surface area contributed by atoms with Gasteiger partial charge in [-0.05, 0) is 32.4 Å². The number of hydrogen-bond acceptors (Lipinski definition) is 6. The zero-order valence-corrected chi connectivity index (χ0v) is 16.9. The molecule has 1 aromatic carbocycles. The van der Waals surface area contributed by atoms with Gasteiger partial charge in [0.25, 0.3) is 0 Å². The molecule has 2 aromatic heterocycles. The molecule has 0 atom stereocenters. The van der Waals surface area contributed by atoms with Gasteiger partial charge in [-0.25, -0.2) is 17.9 Å². The molecule has 0 amide bonds. The van der Waals surface area contributed by atoms with Crippen molar-refractivity contribution in [3.63, 3.8) is 0 Å². The molecule has 3 aromatic rings. The molecule has 1 saturated heterocycles. The van der Waals surface area contributed by atoms with E-state index in [9.17, 15) is 8.42 Å². The highest BCUT2D eigenvalue weighted by Crippen LogP contribution is 2.31. The van der Waals surface area contributed by atoms with Crippen LogP contribution in [0.25, 0.3) is 16.2 Å². The van der Waals surface area contributed by atoms with Crippen molar-refractivity contribution >= 4 is 42.9 Å². The molecule has 138 valence electrons. The molecule has 1 fully saturated rings. The third-order valence-electron chi connectivity index (χ3n) is 4.90. The number of sulfone groups is 1. The van der Waals surface area contributed by atoms with Gasteiger partial charge in [0.05, 0.1) is 22.4 Å². The minimum Gasteiger partial charge on any atom is -0.346 e. The second kappa shape index (κ2) is 6.21. The molecule has 0 spiro atoms. The van der Waals surface area contributed by atoms with Crippen molar-refractivity contribution in [2.24, 2.45) is 0 Å². The number of fused-ring (bicyclic) bond motifs is 1. The Morgan fingerprint density at radius 3 is 2.62 bits per heavy atom. The SMILES string of the molecule is CC1(C)CCN(c2nn3cc(-c4ccc(Cl)cc4)nc3s2)CCS1(=O)=O. The third-order valence-corrected chi connectivity index (χ3v) is 8.74. The Balaban J connectivity index is 1.61. The predicted octanol–water partition coefficient (Wildman–Crippen LogP) is 3.51. The first-order valence-corrected chi connectivity index (χ1v) is 11.2. The van der Waals surface area contributed by atoms with Crippen molar-refractivity contribution in [3.05, 3.63) is 35.5 Å². The van der Waals surface area contributed by atoms with E-state index in [4.69, 9.17) is 11.6 Å². The number of nitrogens with zero attached hydrogens (tertiary/aromatic N) is 4. The molecule has 4 rings (SSSR count). The van der Waals surface area contributed by atoms with Crippen LogP contribution in [-0.4, -0.2) is 46.6 Å². The smallest absolute Gasteiger partial charge is 0.214 e. The van der Waals surface area contributed by atoms with Gasteiger partial charge in [-0.15, -0.1) is 5.10 Å². The zero-order chi connectivity index (χ0) is 18.5.